The fourth-order valence-corrected chi connectivity index (χ4v) is 3.47. The number of rotatable bonds is 5. The maximum atomic E-state index is 13.2. The molecule has 0 fully saturated rings. The number of pyridine rings is 1. The van der Waals surface area contributed by atoms with Gasteiger partial charge in [-0.25, -0.2) is 10.2 Å². The SMILES string of the molecule is Cc1c(C=NNC(=O)c2cc(=O)[nH]c(=O)[nH]2)c2ccccn2c1C(=O)c1ccc(Cl)cc1. The van der Waals surface area contributed by atoms with Crippen molar-refractivity contribution in [2.24, 2.45) is 5.10 Å². The molecule has 0 atom stereocenters. The van der Waals surface area contributed by atoms with Gasteiger partial charge in [0, 0.05) is 28.4 Å². The average molecular weight is 450 g/mol. The first-order valence-corrected chi connectivity index (χ1v) is 9.80. The Hall–Kier alpha value is -4.24. The molecule has 3 aromatic heterocycles. The molecule has 0 saturated heterocycles. The summed E-state index contributed by atoms with van der Waals surface area (Å²) in [6.45, 7) is 1.79. The summed E-state index contributed by atoms with van der Waals surface area (Å²) in [6, 6.07) is 13.0. The zero-order valence-electron chi connectivity index (χ0n) is 16.7. The fraction of sp³-hybridized carbons (Fsp3) is 0.0455. The maximum Gasteiger partial charge on any atom is 0.326 e. The van der Waals surface area contributed by atoms with Crippen LogP contribution in [0.5, 0.6) is 0 Å². The molecule has 1 aromatic carbocycles. The number of aromatic amines is 2. The van der Waals surface area contributed by atoms with E-state index in [2.05, 4.69) is 15.5 Å². The van der Waals surface area contributed by atoms with Crippen molar-refractivity contribution in [2.45, 2.75) is 6.92 Å². The van der Waals surface area contributed by atoms with Crippen LogP contribution in [0.25, 0.3) is 5.52 Å². The van der Waals surface area contributed by atoms with Crippen LogP contribution in [-0.2, 0) is 0 Å². The van der Waals surface area contributed by atoms with Crippen LogP contribution in [0.2, 0.25) is 5.02 Å². The van der Waals surface area contributed by atoms with Gasteiger partial charge in [-0.15, -0.1) is 0 Å². The number of carbonyl (C=O) groups is 2. The maximum absolute atomic E-state index is 13.2. The minimum Gasteiger partial charge on any atom is -0.313 e. The molecule has 1 amide bonds. The van der Waals surface area contributed by atoms with Gasteiger partial charge in [-0.1, -0.05) is 17.7 Å². The highest BCUT2D eigenvalue weighted by Crippen LogP contribution is 2.24. The second-order valence-electron chi connectivity index (χ2n) is 6.88. The molecule has 4 rings (SSSR count). The van der Waals surface area contributed by atoms with Gasteiger partial charge in [0.25, 0.3) is 11.5 Å². The van der Waals surface area contributed by atoms with Gasteiger partial charge >= 0.3 is 5.69 Å². The van der Waals surface area contributed by atoms with Gasteiger partial charge in [0.15, 0.2) is 0 Å². The number of nitrogens with zero attached hydrogens (tertiary/aromatic N) is 2. The monoisotopic (exact) mass is 449 g/mol. The predicted molar refractivity (Wildman–Crippen MR) is 120 cm³/mol. The number of fused-ring (bicyclic) bond motifs is 1. The molecule has 9 nitrogen and oxygen atoms in total. The Balaban J connectivity index is 1.69. The topological polar surface area (TPSA) is 129 Å². The van der Waals surface area contributed by atoms with E-state index in [1.165, 1.54) is 6.21 Å². The van der Waals surface area contributed by atoms with Crippen molar-refractivity contribution in [2.75, 3.05) is 0 Å². The first-order chi connectivity index (χ1) is 15.3. The zero-order chi connectivity index (χ0) is 22.8. The lowest BCUT2D eigenvalue weighted by Crippen LogP contribution is -2.28. The molecule has 0 saturated carbocycles. The van der Waals surface area contributed by atoms with Gasteiger partial charge in [0.2, 0.25) is 5.78 Å². The average Bonchev–Trinajstić information content (AvgIpc) is 3.04. The summed E-state index contributed by atoms with van der Waals surface area (Å²) < 4.78 is 1.75. The van der Waals surface area contributed by atoms with Crippen LogP contribution >= 0.6 is 11.6 Å². The van der Waals surface area contributed by atoms with E-state index in [0.29, 0.717) is 32.9 Å². The van der Waals surface area contributed by atoms with Crippen molar-refractivity contribution < 1.29 is 9.59 Å². The molecule has 0 aliphatic rings. The highest BCUT2D eigenvalue weighted by atomic mass is 35.5. The summed E-state index contributed by atoms with van der Waals surface area (Å²) in [4.78, 5) is 52.3. The number of nitrogens with one attached hydrogen (secondary N) is 3. The van der Waals surface area contributed by atoms with Crippen molar-refractivity contribution in [3.63, 3.8) is 0 Å². The molecule has 0 bridgehead atoms. The Bertz CT molecular complexity index is 1470. The van der Waals surface area contributed by atoms with Crippen molar-refractivity contribution in [3.05, 3.63) is 109 Å². The van der Waals surface area contributed by atoms with Crippen LogP contribution < -0.4 is 16.7 Å². The molecular formula is C22H16ClN5O4. The van der Waals surface area contributed by atoms with Gasteiger partial charge in [-0.2, -0.15) is 5.10 Å². The summed E-state index contributed by atoms with van der Waals surface area (Å²) in [5.74, 6) is -0.951. The van der Waals surface area contributed by atoms with Gasteiger partial charge in [-0.05, 0) is 48.9 Å². The summed E-state index contributed by atoms with van der Waals surface area (Å²) >= 11 is 5.93. The van der Waals surface area contributed by atoms with E-state index < -0.39 is 17.2 Å². The van der Waals surface area contributed by atoms with Crippen molar-refractivity contribution in [1.82, 2.24) is 19.8 Å². The van der Waals surface area contributed by atoms with E-state index in [1.807, 2.05) is 17.1 Å². The zero-order valence-corrected chi connectivity index (χ0v) is 17.4. The second-order valence-corrected chi connectivity index (χ2v) is 7.32. The first-order valence-electron chi connectivity index (χ1n) is 9.42. The number of hydrogen-bond acceptors (Lipinski definition) is 5. The number of hydrogen-bond donors (Lipinski definition) is 3. The van der Waals surface area contributed by atoms with E-state index in [9.17, 15) is 19.2 Å². The van der Waals surface area contributed by atoms with Gasteiger partial charge in [0.05, 0.1) is 17.4 Å². The number of benzene rings is 1. The summed E-state index contributed by atoms with van der Waals surface area (Å²) in [5.41, 5.74) is 3.48. The van der Waals surface area contributed by atoms with Crippen molar-refractivity contribution in [3.8, 4) is 0 Å². The summed E-state index contributed by atoms with van der Waals surface area (Å²) in [7, 11) is 0. The summed E-state index contributed by atoms with van der Waals surface area (Å²) in [5, 5.41) is 4.48. The summed E-state index contributed by atoms with van der Waals surface area (Å²) in [6.07, 6.45) is 3.18. The Labute approximate surface area is 185 Å². The van der Waals surface area contributed by atoms with Gasteiger partial charge in [0.1, 0.15) is 5.69 Å². The number of ketones is 1. The van der Waals surface area contributed by atoms with Gasteiger partial charge < -0.3 is 9.38 Å². The number of carbonyl (C=O) groups excluding carboxylic acids is 2. The number of H-pyrrole nitrogens is 2. The normalized spacial score (nSPS) is 11.2. The Morgan fingerprint density at radius 1 is 1.09 bits per heavy atom. The number of amides is 1. The van der Waals surface area contributed by atoms with E-state index in [0.717, 1.165) is 6.07 Å². The van der Waals surface area contributed by atoms with Crippen LogP contribution in [0.3, 0.4) is 0 Å². The third-order valence-electron chi connectivity index (χ3n) is 4.82. The third-order valence-corrected chi connectivity index (χ3v) is 5.07. The van der Waals surface area contributed by atoms with Gasteiger partial charge in [-0.3, -0.25) is 19.4 Å². The molecular weight excluding hydrogens is 434 g/mol. The first kappa shape index (κ1) is 21.0. The van der Waals surface area contributed by atoms with Crippen LogP contribution in [0.4, 0.5) is 0 Å². The van der Waals surface area contributed by atoms with E-state index >= 15 is 0 Å². The molecule has 3 N–H and O–H groups in total. The molecule has 4 aromatic rings. The minimum absolute atomic E-state index is 0.190. The largest absolute Gasteiger partial charge is 0.326 e. The third kappa shape index (κ3) is 4.01. The highest BCUT2D eigenvalue weighted by Gasteiger charge is 2.21. The number of hydrazone groups is 1. The molecule has 32 heavy (non-hydrogen) atoms. The molecule has 0 aliphatic heterocycles. The molecule has 0 aliphatic carbocycles. The smallest absolute Gasteiger partial charge is 0.313 e. The predicted octanol–water partition coefficient (Wildman–Crippen LogP) is 2.27. The number of halogens is 1. The Morgan fingerprint density at radius 2 is 1.84 bits per heavy atom. The van der Waals surface area contributed by atoms with E-state index in [4.69, 9.17) is 11.6 Å². The van der Waals surface area contributed by atoms with Crippen molar-refractivity contribution >= 4 is 35.0 Å². The Kier molecular flexibility index (Phi) is 5.57. The van der Waals surface area contributed by atoms with Crippen LogP contribution in [-0.4, -0.2) is 32.3 Å². The second kappa shape index (κ2) is 8.48. The van der Waals surface area contributed by atoms with Crippen LogP contribution in [0.15, 0.2) is 69.4 Å². The molecule has 0 radical (unpaired) electrons. The lowest BCUT2D eigenvalue weighted by molar-refractivity contribution is 0.0948. The molecule has 0 spiro atoms. The molecule has 160 valence electrons. The van der Waals surface area contributed by atoms with Crippen molar-refractivity contribution in [1.29, 1.82) is 0 Å². The minimum atomic E-state index is -0.800. The standard InChI is InChI=1S/C22H16ClN5O4/c1-12-15(11-24-27-21(31)16-10-18(29)26-22(32)25-16)17-4-2-3-9-28(17)19(12)20(30)13-5-7-14(23)8-6-13/h2-11H,1H3,(H,27,31)(H2,25,26,29,32). The Morgan fingerprint density at radius 3 is 2.56 bits per heavy atom. The molecule has 3 heterocycles. The lowest BCUT2D eigenvalue weighted by Gasteiger charge is -2.04. The quantitative estimate of drug-likeness (QED) is 0.245. The number of aromatic nitrogens is 3. The molecule has 0 unspecified atom stereocenters. The lowest BCUT2D eigenvalue weighted by atomic mass is 10.0. The highest BCUT2D eigenvalue weighted by molar-refractivity contribution is 6.30. The van der Waals surface area contributed by atoms with E-state index in [1.54, 1.807) is 47.9 Å². The van der Waals surface area contributed by atoms with Crippen LogP contribution in [0, 0.1) is 6.92 Å². The fourth-order valence-electron chi connectivity index (χ4n) is 3.35. The molecule has 10 heteroatoms. The van der Waals surface area contributed by atoms with E-state index in [-0.39, 0.29) is 11.5 Å². The van der Waals surface area contributed by atoms with Crippen LogP contribution in [0.1, 0.15) is 37.7 Å².